The van der Waals surface area contributed by atoms with Gasteiger partial charge in [-0.25, -0.2) is 9.59 Å². The first-order chi connectivity index (χ1) is 13.4. The van der Waals surface area contributed by atoms with E-state index in [9.17, 15) is 14.4 Å². The summed E-state index contributed by atoms with van der Waals surface area (Å²) in [5.41, 5.74) is 4.07. The highest BCUT2D eigenvalue weighted by atomic mass is 16.5. The summed E-state index contributed by atoms with van der Waals surface area (Å²) in [7, 11) is 4.88. The molecule has 0 radical (unpaired) electrons. The van der Waals surface area contributed by atoms with Gasteiger partial charge in [0.2, 0.25) is 0 Å². The zero-order valence-corrected chi connectivity index (χ0v) is 16.0. The number of aromatic amines is 1. The minimum Gasteiger partial charge on any atom is -0.461 e. The molecule has 0 saturated carbocycles. The maximum atomic E-state index is 12.6. The molecular formula is C19H20N4O5. The molecule has 1 aliphatic heterocycles. The number of esters is 1. The van der Waals surface area contributed by atoms with Gasteiger partial charge in [0.1, 0.15) is 0 Å². The molecule has 0 atom stereocenters. The van der Waals surface area contributed by atoms with Crippen molar-refractivity contribution in [3.05, 3.63) is 57.4 Å². The first kappa shape index (κ1) is 19.1. The van der Waals surface area contributed by atoms with E-state index in [1.807, 2.05) is 48.2 Å². The van der Waals surface area contributed by atoms with E-state index in [4.69, 9.17) is 4.74 Å². The van der Waals surface area contributed by atoms with Crippen molar-refractivity contribution in [2.45, 2.75) is 6.92 Å². The van der Waals surface area contributed by atoms with Crippen molar-refractivity contribution in [2.24, 2.45) is 0 Å². The summed E-state index contributed by atoms with van der Waals surface area (Å²) < 4.78 is 10.1. The van der Waals surface area contributed by atoms with Crippen LogP contribution in [0.25, 0.3) is 6.08 Å². The highest BCUT2D eigenvalue weighted by molar-refractivity contribution is 5.92. The second-order valence-electron chi connectivity index (χ2n) is 5.95. The lowest BCUT2D eigenvalue weighted by Crippen LogP contribution is -2.25. The molecule has 2 aromatic rings. The molecule has 9 nitrogen and oxygen atoms in total. The Kier molecular flexibility index (Phi) is 5.10. The number of rotatable bonds is 3. The van der Waals surface area contributed by atoms with Crippen molar-refractivity contribution < 1.29 is 19.1 Å². The number of methoxy groups -OCH3 is 1. The van der Waals surface area contributed by atoms with Crippen LogP contribution >= 0.6 is 0 Å². The number of carbonyl (C=O) groups is 2. The number of para-hydroxylation sites is 2. The number of fused-ring (bicyclic) bond motifs is 1. The molecule has 1 aliphatic rings. The van der Waals surface area contributed by atoms with Crippen LogP contribution in [-0.4, -0.2) is 49.7 Å². The van der Waals surface area contributed by atoms with Gasteiger partial charge >= 0.3 is 12.1 Å². The maximum absolute atomic E-state index is 12.6. The van der Waals surface area contributed by atoms with Gasteiger partial charge in [0, 0.05) is 14.1 Å². The number of nitrogens with one attached hydrogen (secondary N) is 1. The molecule has 0 saturated heterocycles. The van der Waals surface area contributed by atoms with Crippen molar-refractivity contribution in [1.82, 2.24) is 9.78 Å². The SMILES string of the molecule is CCOC(=O)c1[nH]n(C(=O)OC)c(=O)c1C=C=C1N(C)c2ccccc2N1C. The van der Waals surface area contributed by atoms with E-state index in [0.717, 1.165) is 18.5 Å². The Labute approximate surface area is 161 Å². The van der Waals surface area contributed by atoms with E-state index in [2.05, 4.69) is 15.6 Å². The fourth-order valence-electron chi connectivity index (χ4n) is 2.98. The number of aromatic nitrogens is 2. The highest BCUT2D eigenvalue weighted by Gasteiger charge is 2.26. The van der Waals surface area contributed by atoms with Gasteiger partial charge < -0.3 is 19.3 Å². The third kappa shape index (κ3) is 3.08. The van der Waals surface area contributed by atoms with Crippen LogP contribution in [0.1, 0.15) is 23.0 Å². The van der Waals surface area contributed by atoms with Crippen molar-refractivity contribution in [1.29, 1.82) is 0 Å². The average Bonchev–Trinajstić information content (AvgIpc) is 3.15. The van der Waals surface area contributed by atoms with Crippen LogP contribution in [0.5, 0.6) is 0 Å². The zero-order valence-electron chi connectivity index (χ0n) is 16.0. The van der Waals surface area contributed by atoms with E-state index in [1.54, 1.807) is 6.92 Å². The summed E-state index contributed by atoms with van der Waals surface area (Å²) in [5.74, 6) is -0.0852. The first-order valence-corrected chi connectivity index (χ1v) is 8.54. The number of anilines is 2. The molecular weight excluding hydrogens is 364 g/mol. The molecule has 0 amide bonds. The summed E-state index contributed by atoms with van der Waals surface area (Å²) in [4.78, 5) is 40.4. The number of carbonyl (C=O) groups excluding carboxylic acids is 2. The maximum Gasteiger partial charge on any atom is 0.436 e. The normalized spacial score (nSPS) is 12.5. The van der Waals surface area contributed by atoms with Gasteiger partial charge in [-0.1, -0.05) is 17.9 Å². The average molecular weight is 384 g/mol. The summed E-state index contributed by atoms with van der Waals surface area (Å²) in [5, 5.41) is 2.45. The second kappa shape index (κ2) is 7.50. The van der Waals surface area contributed by atoms with Crippen LogP contribution in [0.15, 0.2) is 40.6 Å². The number of hydrogen-bond donors (Lipinski definition) is 1. The molecule has 1 N–H and O–H groups in total. The molecule has 0 spiro atoms. The summed E-state index contributed by atoms with van der Waals surface area (Å²) in [6.07, 6.45) is 0.420. The largest absolute Gasteiger partial charge is 0.461 e. The third-order valence-electron chi connectivity index (χ3n) is 4.35. The van der Waals surface area contributed by atoms with Crippen LogP contribution in [0, 0.1) is 0 Å². The number of nitrogens with zero attached hydrogens (tertiary/aromatic N) is 3. The Morgan fingerprint density at radius 1 is 1.18 bits per heavy atom. The Morgan fingerprint density at radius 3 is 2.32 bits per heavy atom. The molecule has 28 heavy (non-hydrogen) atoms. The van der Waals surface area contributed by atoms with Crippen LogP contribution in [-0.2, 0) is 9.47 Å². The van der Waals surface area contributed by atoms with E-state index in [0.29, 0.717) is 10.5 Å². The summed E-state index contributed by atoms with van der Waals surface area (Å²) in [6, 6.07) is 7.78. The van der Waals surface area contributed by atoms with Gasteiger partial charge in [-0.3, -0.25) is 9.89 Å². The fourth-order valence-corrected chi connectivity index (χ4v) is 2.98. The van der Waals surface area contributed by atoms with Crippen molar-refractivity contribution in [3.8, 4) is 0 Å². The van der Waals surface area contributed by atoms with E-state index in [1.165, 1.54) is 6.08 Å². The Morgan fingerprint density at radius 2 is 1.79 bits per heavy atom. The smallest absolute Gasteiger partial charge is 0.436 e. The molecule has 146 valence electrons. The van der Waals surface area contributed by atoms with Gasteiger partial charge in [0.15, 0.2) is 11.5 Å². The van der Waals surface area contributed by atoms with Crippen LogP contribution in [0.4, 0.5) is 16.2 Å². The molecule has 0 unspecified atom stereocenters. The Bertz CT molecular complexity index is 1030. The van der Waals surface area contributed by atoms with Gasteiger partial charge in [0.25, 0.3) is 5.56 Å². The van der Waals surface area contributed by atoms with E-state index < -0.39 is 17.6 Å². The first-order valence-electron chi connectivity index (χ1n) is 8.54. The fraction of sp³-hybridized carbons (Fsp3) is 0.263. The van der Waals surface area contributed by atoms with E-state index >= 15 is 0 Å². The van der Waals surface area contributed by atoms with Crippen LogP contribution in [0.2, 0.25) is 0 Å². The monoisotopic (exact) mass is 384 g/mol. The lowest BCUT2D eigenvalue weighted by molar-refractivity contribution is 0.0518. The molecule has 2 heterocycles. The third-order valence-corrected chi connectivity index (χ3v) is 4.35. The molecule has 1 aromatic heterocycles. The quantitative estimate of drug-likeness (QED) is 0.639. The standard InChI is InChI=1S/C19H20N4O5/c1-5-28-18(25)16-12(17(24)23(20-16)19(26)27-4)10-11-15-21(2)13-8-6-7-9-14(13)22(15)3/h6-10,20H,5H2,1-4H3. The predicted molar refractivity (Wildman–Crippen MR) is 104 cm³/mol. The minimum atomic E-state index is -0.939. The topological polar surface area (TPSA) is 96.9 Å². The summed E-state index contributed by atoms with van der Waals surface area (Å²) in [6.45, 7) is 1.76. The van der Waals surface area contributed by atoms with Crippen molar-refractivity contribution >= 4 is 29.5 Å². The molecule has 3 rings (SSSR count). The molecule has 0 bridgehead atoms. The van der Waals surface area contributed by atoms with Gasteiger partial charge in [-0.2, -0.15) is 0 Å². The van der Waals surface area contributed by atoms with Gasteiger partial charge in [0.05, 0.1) is 30.7 Å². The van der Waals surface area contributed by atoms with Gasteiger partial charge in [-0.05, 0) is 25.1 Å². The number of hydrogen-bond acceptors (Lipinski definition) is 7. The molecule has 0 aliphatic carbocycles. The Hall–Kier alpha value is -3.71. The lowest BCUT2D eigenvalue weighted by Gasteiger charge is -2.15. The van der Waals surface area contributed by atoms with E-state index in [-0.39, 0.29) is 17.9 Å². The van der Waals surface area contributed by atoms with Crippen LogP contribution < -0.4 is 15.4 Å². The lowest BCUT2D eigenvalue weighted by atomic mass is 10.2. The minimum absolute atomic E-state index is 0.0471. The number of benzene rings is 1. The predicted octanol–water partition coefficient (Wildman–Crippen LogP) is 2.01. The van der Waals surface area contributed by atoms with Crippen molar-refractivity contribution in [2.75, 3.05) is 37.6 Å². The molecule has 9 heteroatoms. The molecule has 1 aromatic carbocycles. The number of H-pyrrole nitrogens is 1. The zero-order chi connectivity index (χ0) is 20.4. The number of ether oxygens (including phenoxy) is 2. The van der Waals surface area contributed by atoms with Crippen molar-refractivity contribution in [3.63, 3.8) is 0 Å². The molecule has 0 fully saturated rings. The van der Waals surface area contributed by atoms with Crippen LogP contribution in [0.3, 0.4) is 0 Å². The summed E-state index contributed by atoms with van der Waals surface area (Å²) >= 11 is 0. The Balaban J connectivity index is 2.12. The highest BCUT2D eigenvalue weighted by Crippen LogP contribution is 2.38. The van der Waals surface area contributed by atoms with Gasteiger partial charge in [-0.15, -0.1) is 4.68 Å². The second-order valence-corrected chi connectivity index (χ2v) is 5.95.